The fourth-order valence-electron chi connectivity index (χ4n) is 1.82. The Bertz CT molecular complexity index is 453. The van der Waals surface area contributed by atoms with Crippen molar-refractivity contribution in [1.29, 1.82) is 0 Å². The largest absolute Gasteiger partial charge is 0.464 e. The highest BCUT2D eigenvalue weighted by molar-refractivity contribution is 7.99. The number of hydrogen-bond donors (Lipinski definition) is 1. The van der Waals surface area contributed by atoms with Crippen molar-refractivity contribution >= 4 is 29.3 Å². The van der Waals surface area contributed by atoms with Crippen LogP contribution in [0.3, 0.4) is 0 Å². The Morgan fingerprint density at radius 1 is 1.53 bits per heavy atom. The van der Waals surface area contributed by atoms with Gasteiger partial charge < -0.3 is 4.74 Å². The summed E-state index contributed by atoms with van der Waals surface area (Å²) in [4.78, 5) is 11.9. The molecule has 1 aliphatic rings. The van der Waals surface area contributed by atoms with Gasteiger partial charge in [0.2, 0.25) is 0 Å². The maximum absolute atomic E-state index is 11.9. The Morgan fingerprint density at radius 3 is 2.95 bits per heavy atom. The first-order valence-corrected chi connectivity index (χ1v) is 7.79. The minimum absolute atomic E-state index is 0.0605. The fraction of sp³-hybridized carbons (Fsp3) is 0.500. The molecule has 1 N–H and O–H groups in total. The van der Waals surface area contributed by atoms with E-state index in [9.17, 15) is 4.79 Å². The lowest BCUT2D eigenvalue weighted by Gasteiger charge is -2.15. The Labute approximate surface area is 123 Å². The number of carbonyl (C=O) groups excluding carboxylic acids is 1. The molecular formula is C14H18ClNO2S. The molecule has 0 aliphatic carbocycles. The van der Waals surface area contributed by atoms with Crippen molar-refractivity contribution in [2.24, 2.45) is 5.92 Å². The van der Waals surface area contributed by atoms with E-state index in [1.807, 2.05) is 38.1 Å². The molecule has 19 heavy (non-hydrogen) atoms. The summed E-state index contributed by atoms with van der Waals surface area (Å²) in [6, 6.07) is 7.46. The zero-order valence-electron chi connectivity index (χ0n) is 11.1. The molecular weight excluding hydrogens is 282 g/mol. The van der Waals surface area contributed by atoms with Gasteiger partial charge >= 0.3 is 5.97 Å². The van der Waals surface area contributed by atoms with Crippen LogP contribution in [0.5, 0.6) is 0 Å². The molecule has 0 bridgehead atoms. The normalized spacial score (nSPS) is 22.7. The second-order valence-corrected chi connectivity index (χ2v) is 6.52. The van der Waals surface area contributed by atoms with Crippen LogP contribution in [-0.4, -0.2) is 24.4 Å². The Balaban J connectivity index is 1.93. The molecule has 2 rings (SSSR count). The molecule has 2 unspecified atom stereocenters. The summed E-state index contributed by atoms with van der Waals surface area (Å²) in [5.74, 6) is 0.903. The van der Waals surface area contributed by atoms with Crippen LogP contribution in [0.2, 0.25) is 5.02 Å². The zero-order valence-corrected chi connectivity index (χ0v) is 12.6. The maximum Gasteiger partial charge on any atom is 0.324 e. The molecule has 0 spiro atoms. The van der Waals surface area contributed by atoms with Gasteiger partial charge in [-0.3, -0.25) is 10.1 Å². The minimum atomic E-state index is -0.245. The number of ether oxygens (including phenoxy) is 1. The van der Waals surface area contributed by atoms with E-state index in [2.05, 4.69) is 5.32 Å². The van der Waals surface area contributed by atoms with Gasteiger partial charge in [0.05, 0.1) is 12.0 Å². The quantitative estimate of drug-likeness (QED) is 0.866. The van der Waals surface area contributed by atoms with Crippen LogP contribution in [0.1, 0.15) is 24.8 Å². The number of halogens is 1. The van der Waals surface area contributed by atoms with E-state index < -0.39 is 0 Å². The monoisotopic (exact) mass is 299 g/mol. The maximum atomic E-state index is 11.9. The van der Waals surface area contributed by atoms with Gasteiger partial charge in [0, 0.05) is 10.8 Å². The van der Waals surface area contributed by atoms with Gasteiger partial charge in [0.25, 0.3) is 0 Å². The van der Waals surface area contributed by atoms with Crippen LogP contribution < -0.4 is 5.32 Å². The second kappa shape index (κ2) is 6.64. The lowest BCUT2D eigenvalue weighted by molar-refractivity contribution is -0.146. The predicted octanol–water partition coefficient (Wildman–Crippen LogP) is 3.24. The predicted molar refractivity (Wildman–Crippen MR) is 79.4 cm³/mol. The number of thioether (sulfide) groups is 1. The fourth-order valence-corrected chi connectivity index (χ4v) is 3.40. The van der Waals surface area contributed by atoms with Crippen LogP contribution >= 0.6 is 23.4 Å². The van der Waals surface area contributed by atoms with E-state index in [-0.39, 0.29) is 17.4 Å². The van der Waals surface area contributed by atoms with E-state index in [4.69, 9.17) is 16.3 Å². The molecule has 0 amide bonds. The van der Waals surface area contributed by atoms with Gasteiger partial charge in [-0.05, 0) is 17.5 Å². The molecule has 1 heterocycles. The summed E-state index contributed by atoms with van der Waals surface area (Å²) in [6.07, 6.45) is 0. The number of carbonyl (C=O) groups is 1. The highest BCUT2D eigenvalue weighted by Crippen LogP contribution is 2.36. The van der Waals surface area contributed by atoms with Crippen molar-refractivity contribution in [3.8, 4) is 0 Å². The van der Waals surface area contributed by atoms with E-state index >= 15 is 0 Å². The van der Waals surface area contributed by atoms with Crippen molar-refractivity contribution in [2.45, 2.75) is 25.3 Å². The summed E-state index contributed by atoms with van der Waals surface area (Å²) < 4.78 is 5.25. The van der Waals surface area contributed by atoms with E-state index in [0.717, 1.165) is 10.6 Å². The van der Waals surface area contributed by atoms with Gasteiger partial charge in [0.1, 0.15) is 6.04 Å². The molecule has 0 radical (unpaired) electrons. The topological polar surface area (TPSA) is 38.3 Å². The minimum Gasteiger partial charge on any atom is -0.464 e. The van der Waals surface area contributed by atoms with Crippen LogP contribution in [0.15, 0.2) is 24.3 Å². The molecule has 0 saturated carbocycles. The zero-order chi connectivity index (χ0) is 13.8. The highest BCUT2D eigenvalue weighted by Gasteiger charge is 2.32. The molecule has 104 valence electrons. The van der Waals surface area contributed by atoms with E-state index in [1.165, 1.54) is 0 Å². The van der Waals surface area contributed by atoms with Crippen LogP contribution in [0.4, 0.5) is 0 Å². The van der Waals surface area contributed by atoms with E-state index in [1.54, 1.807) is 11.8 Å². The second-order valence-electron chi connectivity index (χ2n) is 4.98. The molecule has 1 aromatic rings. The lowest BCUT2D eigenvalue weighted by atomic mass is 10.2. The number of nitrogens with one attached hydrogen (secondary N) is 1. The van der Waals surface area contributed by atoms with Crippen LogP contribution in [0.25, 0.3) is 0 Å². The number of esters is 1. The van der Waals surface area contributed by atoms with E-state index in [0.29, 0.717) is 18.3 Å². The standard InChI is InChI=1S/C14H18ClNO2S/c1-9(2)7-18-14(17)12-8-19-13(16-12)10-5-3-4-6-11(10)15/h3-6,9,12-13,16H,7-8H2,1-2H3. The first-order chi connectivity index (χ1) is 9.08. The summed E-state index contributed by atoms with van der Waals surface area (Å²) in [5, 5.41) is 4.06. The Hall–Kier alpha value is -0.710. The first kappa shape index (κ1) is 14.7. The van der Waals surface area contributed by atoms with Crippen molar-refractivity contribution in [3.63, 3.8) is 0 Å². The summed E-state index contributed by atoms with van der Waals surface area (Å²) in [7, 11) is 0. The highest BCUT2D eigenvalue weighted by atomic mass is 35.5. The smallest absolute Gasteiger partial charge is 0.324 e. The Kier molecular flexibility index (Phi) is 5.13. The third-order valence-corrected chi connectivity index (χ3v) is 4.41. The summed E-state index contributed by atoms with van der Waals surface area (Å²) in [6.45, 7) is 4.52. The first-order valence-electron chi connectivity index (χ1n) is 6.36. The van der Waals surface area contributed by atoms with Crippen molar-refractivity contribution < 1.29 is 9.53 Å². The number of rotatable bonds is 4. The van der Waals surface area contributed by atoms with Crippen molar-refractivity contribution in [2.75, 3.05) is 12.4 Å². The van der Waals surface area contributed by atoms with Crippen molar-refractivity contribution in [1.82, 2.24) is 5.32 Å². The lowest BCUT2D eigenvalue weighted by Crippen LogP contribution is -2.36. The SMILES string of the molecule is CC(C)COC(=O)C1CSC(c2ccccc2Cl)N1. The van der Waals surface area contributed by atoms with Gasteiger partial charge in [-0.25, -0.2) is 0 Å². The van der Waals surface area contributed by atoms with Crippen molar-refractivity contribution in [3.05, 3.63) is 34.9 Å². The third-order valence-electron chi connectivity index (χ3n) is 2.81. The summed E-state index contributed by atoms with van der Waals surface area (Å²) >= 11 is 7.85. The molecule has 1 saturated heterocycles. The van der Waals surface area contributed by atoms with Gasteiger partial charge in [-0.2, -0.15) is 0 Å². The van der Waals surface area contributed by atoms with Gasteiger partial charge in [-0.15, -0.1) is 11.8 Å². The summed E-state index contributed by atoms with van der Waals surface area (Å²) in [5.41, 5.74) is 1.02. The number of benzene rings is 1. The molecule has 3 nitrogen and oxygen atoms in total. The van der Waals surface area contributed by atoms with Crippen LogP contribution in [-0.2, 0) is 9.53 Å². The average Bonchev–Trinajstić information content (AvgIpc) is 2.86. The average molecular weight is 300 g/mol. The molecule has 1 aliphatic heterocycles. The van der Waals surface area contributed by atoms with Crippen LogP contribution in [0, 0.1) is 5.92 Å². The molecule has 1 aromatic carbocycles. The number of hydrogen-bond acceptors (Lipinski definition) is 4. The van der Waals surface area contributed by atoms with Gasteiger partial charge in [-0.1, -0.05) is 43.6 Å². The molecule has 5 heteroatoms. The Morgan fingerprint density at radius 2 is 2.26 bits per heavy atom. The molecule has 1 fully saturated rings. The van der Waals surface area contributed by atoms with Gasteiger partial charge in [0.15, 0.2) is 0 Å². The molecule has 2 atom stereocenters. The molecule has 0 aromatic heterocycles. The third kappa shape index (κ3) is 3.88.